The van der Waals surface area contributed by atoms with Gasteiger partial charge in [0.1, 0.15) is 5.39 Å². The highest BCUT2D eigenvalue weighted by Gasteiger charge is 2.25. The minimum atomic E-state index is -0.285. The number of nitrogens with one attached hydrogen (secondary N) is 3. The third-order valence-corrected chi connectivity index (χ3v) is 5.20. The summed E-state index contributed by atoms with van der Waals surface area (Å²) in [6.07, 6.45) is 4.62. The topological polar surface area (TPSA) is 105 Å². The first kappa shape index (κ1) is 19.2. The Hall–Kier alpha value is -3.16. The van der Waals surface area contributed by atoms with E-state index < -0.39 is 0 Å². The molecule has 2 heterocycles. The van der Waals surface area contributed by atoms with Gasteiger partial charge in [0.15, 0.2) is 5.65 Å². The molecule has 1 saturated carbocycles. The van der Waals surface area contributed by atoms with Crippen molar-refractivity contribution in [2.45, 2.75) is 52.1 Å². The Morgan fingerprint density at radius 2 is 2.10 bits per heavy atom. The molecule has 1 aliphatic rings. The van der Waals surface area contributed by atoms with E-state index in [0.717, 1.165) is 30.5 Å². The van der Waals surface area contributed by atoms with Gasteiger partial charge in [-0.1, -0.05) is 18.6 Å². The second-order valence-electron chi connectivity index (χ2n) is 8.55. The van der Waals surface area contributed by atoms with Gasteiger partial charge in [-0.2, -0.15) is 10.1 Å². The molecule has 152 valence electrons. The molecule has 0 spiro atoms. The molecule has 1 aromatic carbocycles. The molecule has 8 nitrogen and oxygen atoms in total. The van der Waals surface area contributed by atoms with Gasteiger partial charge in [-0.25, -0.2) is 4.68 Å². The summed E-state index contributed by atoms with van der Waals surface area (Å²) >= 11 is 0. The number of H-pyrrole nitrogens is 1. The van der Waals surface area contributed by atoms with Crippen molar-refractivity contribution in [3.05, 3.63) is 46.4 Å². The van der Waals surface area contributed by atoms with Gasteiger partial charge in [0.2, 0.25) is 11.9 Å². The Kier molecular flexibility index (Phi) is 4.86. The fourth-order valence-corrected chi connectivity index (χ4v) is 3.35. The van der Waals surface area contributed by atoms with Crippen molar-refractivity contribution in [1.29, 1.82) is 0 Å². The molecular weight excluding hydrogens is 368 g/mol. The molecule has 1 aliphatic carbocycles. The fraction of sp³-hybridized carbons (Fsp3) is 0.429. The van der Waals surface area contributed by atoms with Crippen LogP contribution in [-0.2, 0) is 16.9 Å². The van der Waals surface area contributed by atoms with E-state index in [9.17, 15) is 9.59 Å². The van der Waals surface area contributed by atoms with Crippen molar-refractivity contribution in [2.75, 3.05) is 10.6 Å². The number of amides is 1. The smallest absolute Gasteiger partial charge is 0.263 e. The average molecular weight is 394 g/mol. The summed E-state index contributed by atoms with van der Waals surface area (Å²) in [6.45, 7) is 6.50. The van der Waals surface area contributed by atoms with Crippen LogP contribution < -0.4 is 16.2 Å². The molecular formula is C21H26N6O2. The summed E-state index contributed by atoms with van der Waals surface area (Å²) in [5.41, 5.74) is 1.79. The molecule has 2 aromatic heterocycles. The monoisotopic (exact) mass is 394 g/mol. The van der Waals surface area contributed by atoms with E-state index in [1.54, 1.807) is 10.9 Å². The Morgan fingerprint density at radius 1 is 1.31 bits per heavy atom. The minimum absolute atomic E-state index is 0.0910. The number of benzene rings is 1. The third kappa shape index (κ3) is 4.01. The van der Waals surface area contributed by atoms with Crippen molar-refractivity contribution in [3.63, 3.8) is 0 Å². The number of rotatable bonds is 5. The van der Waals surface area contributed by atoms with E-state index >= 15 is 0 Å². The lowest BCUT2D eigenvalue weighted by Crippen LogP contribution is -2.28. The maximum absolute atomic E-state index is 12.4. The van der Waals surface area contributed by atoms with Gasteiger partial charge in [0, 0.05) is 18.2 Å². The van der Waals surface area contributed by atoms with Gasteiger partial charge in [0.25, 0.3) is 5.56 Å². The molecule has 3 aromatic rings. The van der Waals surface area contributed by atoms with Crippen LogP contribution in [0.5, 0.6) is 0 Å². The molecule has 29 heavy (non-hydrogen) atoms. The molecule has 0 atom stereocenters. The molecule has 1 fully saturated rings. The van der Waals surface area contributed by atoms with Gasteiger partial charge in [0.05, 0.1) is 11.7 Å². The number of aromatic nitrogens is 4. The average Bonchev–Trinajstić information content (AvgIpc) is 3.03. The predicted octanol–water partition coefficient (Wildman–Crippen LogP) is 3.23. The van der Waals surface area contributed by atoms with Gasteiger partial charge in [-0.3, -0.25) is 14.6 Å². The van der Waals surface area contributed by atoms with Crippen molar-refractivity contribution in [2.24, 2.45) is 5.92 Å². The van der Waals surface area contributed by atoms with Crippen LogP contribution in [0.3, 0.4) is 0 Å². The number of hydrogen-bond donors (Lipinski definition) is 3. The first-order valence-electron chi connectivity index (χ1n) is 9.93. The quantitative estimate of drug-likeness (QED) is 0.616. The first-order chi connectivity index (χ1) is 13.8. The normalized spacial score (nSPS) is 14.6. The second-order valence-corrected chi connectivity index (χ2v) is 8.55. The van der Waals surface area contributed by atoms with Gasteiger partial charge in [-0.15, -0.1) is 0 Å². The molecule has 4 rings (SSSR count). The van der Waals surface area contributed by atoms with Crippen LogP contribution in [0.15, 0.2) is 35.3 Å². The summed E-state index contributed by atoms with van der Waals surface area (Å²) in [7, 11) is 0. The summed E-state index contributed by atoms with van der Waals surface area (Å²) < 4.78 is 1.75. The lowest BCUT2D eigenvalue weighted by molar-refractivity contribution is -0.122. The largest absolute Gasteiger partial charge is 0.352 e. The first-order valence-corrected chi connectivity index (χ1v) is 9.93. The van der Waals surface area contributed by atoms with Gasteiger partial charge in [-0.05, 0) is 51.3 Å². The van der Waals surface area contributed by atoms with E-state index in [0.29, 0.717) is 23.5 Å². The van der Waals surface area contributed by atoms with Crippen LogP contribution in [0.25, 0.3) is 11.0 Å². The van der Waals surface area contributed by atoms with Crippen molar-refractivity contribution in [3.8, 4) is 0 Å². The van der Waals surface area contributed by atoms with Gasteiger partial charge < -0.3 is 10.6 Å². The fourth-order valence-electron chi connectivity index (χ4n) is 3.35. The lowest BCUT2D eigenvalue weighted by Gasteiger charge is -2.24. The highest BCUT2D eigenvalue weighted by Crippen LogP contribution is 2.27. The number of aromatic amines is 1. The zero-order valence-electron chi connectivity index (χ0n) is 17.0. The zero-order chi connectivity index (χ0) is 20.6. The van der Waals surface area contributed by atoms with Crippen molar-refractivity contribution in [1.82, 2.24) is 19.7 Å². The summed E-state index contributed by atoms with van der Waals surface area (Å²) in [5, 5.41) is 10.9. The van der Waals surface area contributed by atoms with Crippen molar-refractivity contribution >= 4 is 28.6 Å². The molecule has 1 amide bonds. The molecule has 0 bridgehead atoms. The van der Waals surface area contributed by atoms with E-state index in [4.69, 9.17) is 0 Å². The molecule has 8 heteroatoms. The standard InChI is InChI=1S/C21H26N6O2/c1-21(2,3)27-17-16(12-23-27)19(29)26-20(25-17)22-11-13-6-4-9-15(10-13)24-18(28)14-7-5-8-14/h4,6,9-10,12,14H,5,7-8,11H2,1-3H3,(H,24,28)(H2,22,25,26,29). The number of anilines is 2. The SMILES string of the molecule is CC(C)(C)n1ncc2c(=O)[nH]c(NCc3cccc(NC(=O)C4CCC4)c3)nc21. The predicted molar refractivity (Wildman–Crippen MR) is 113 cm³/mol. The summed E-state index contributed by atoms with van der Waals surface area (Å²) in [6, 6.07) is 7.68. The highest BCUT2D eigenvalue weighted by atomic mass is 16.2. The van der Waals surface area contributed by atoms with E-state index in [-0.39, 0.29) is 22.9 Å². The molecule has 0 saturated heterocycles. The molecule has 0 unspecified atom stereocenters. The van der Waals surface area contributed by atoms with Crippen LogP contribution in [0, 0.1) is 5.92 Å². The van der Waals surface area contributed by atoms with Crippen LogP contribution in [0.2, 0.25) is 0 Å². The van der Waals surface area contributed by atoms with Crippen LogP contribution in [0.1, 0.15) is 45.6 Å². The minimum Gasteiger partial charge on any atom is -0.352 e. The molecule has 0 aliphatic heterocycles. The maximum atomic E-state index is 12.4. The Balaban J connectivity index is 1.50. The maximum Gasteiger partial charge on any atom is 0.263 e. The number of nitrogens with zero attached hydrogens (tertiary/aromatic N) is 3. The van der Waals surface area contributed by atoms with Crippen molar-refractivity contribution < 1.29 is 4.79 Å². The Morgan fingerprint density at radius 3 is 2.79 bits per heavy atom. The number of carbonyl (C=O) groups excluding carboxylic acids is 1. The highest BCUT2D eigenvalue weighted by molar-refractivity contribution is 5.93. The third-order valence-electron chi connectivity index (χ3n) is 5.20. The Labute approximate surface area is 168 Å². The van der Waals surface area contributed by atoms with Crippen LogP contribution in [0.4, 0.5) is 11.6 Å². The number of hydrogen-bond acceptors (Lipinski definition) is 5. The van der Waals surface area contributed by atoms with Crippen LogP contribution in [-0.4, -0.2) is 25.7 Å². The summed E-state index contributed by atoms with van der Waals surface area (Å²) in [5.74, 6) is 0.621. The number of fused-ring (bicyclic) bond motifs is 1. The van der Waals surface area contributed by atoms with E-state index in [1.807, 2.05) is 45.0 Å². The lowest BCUT2D eigenvalue weighted by atomic mass is 9.85. The molecule has 3 N–H and O–H groups in total. The van der Waals surface area contributed by atoms with E-state index in [2.05, 4.69) is 25.7 Å². The van der Waals surface area contributed by atoms with Crippen LogP contribution >= 0.6 is 0 Å². The Bertz CT molecular complexity index is 1100. The van der Waals surface area contributed by atoms with E-state index in [1.165, 1.54) is 0 Å². The second kappa shape index (κ2) is 7.35. The molecule has 0 radical (unpaired) electrons. The number of carbonyl (C=O) groups is 1. The summed E-state index contributed by atoms with van der Waals surface area (Å²) in [4.78, 5) is 31.9. The zero-order valence-corrected chi connectivity index (χ0v) is 17.0. The van der Waals surface area contributed by atoms with Gasteiger partial charge >= 0.3 is 0 Å².